The highest BCUT2D eigenvalue weighted by atomic mass is 35.5. The number of aromatic nitrogens is 1. The summed E-state index contributed by atoms with van der Waals surface area (Å²) in [6.45, 7) is 4.54. The Morgan fingerprint density at radius 1 is 1.07 bits per heavy atom. The lowest BCUT2D eigenvalue weighted by atomic mass is 9.84. The molecule has 2 N–H and O–H groups in total. The third kappa shape index (κ3) is 4.52. The van der Waals surface area contributed by atoms with Crippen molar-refractivity contribution in [2.45, 2.75) is 38.1 Å². The van der Waals surface area contributed by atoms with Crippen molar-refractivity contribution < 1.29 is 13.3 Å². The van der Waals surface area contributed by atoms with Crippen molar-refractivity contribution in [2.75, 3.05) is 37.6 Å². The van der Waals surface area contributed by atoms with Gasteiger partial charge in [0.2, 0.25) is 5.58 Å². The molecule has 2 fully saturated rings. The second kappa shape index (κ2) is 8.71. The number of rotatable bonds is 4. The molecule has 2 aliphatic rings. The van der Waals surface area contributed by atoms with Crippen LogP contribution in [0.15, 0.2) is 16.7 Å². The summed E-state index contributed by atoms with van der Waals surface area (Å²) in [5.74, 6) is 0.0347. The molecule has 1 saturated carbocycles. The summed E-state index contributed by atoms with van der Waals surface area (Å²) in [5, 5.41) is 4.40. The lowest BCUT2D eigenvalue weighted by Gasteiger charge is -2.36. The normalized spacial score (nSPS) is 24.2. The van der Waals surface area contributed by atoms with Gasteiger partial charge in [0.15, 0.2) is 11.6 Å². The molecule has 2 heterocycles. The molecular formula is C19H27ClF2N4O. The van der Waals surface area contributed by atoms with E-state index in [1.807, 2.05) is 0 Å². The minimum absolute atomic E-state index is 0. The topological polar surface area (TPSA) is 58.5 Å². The van der Waals surface area contributed by atoms with Gasteiger partial charge in [-0.25, -0.2) is 8.78 Å². The molecule has 0 amide bonds. The van der Waals surface area contributed by atoms with Gasteiger partial charge in [-0.1, -0.05) is 5.16 Å². The van der Waals surface area contributed by atoms with E-state index in [4.69, 9.17) is 10.3 Å². The van der Waals surface area contributed by atoms with Crippen molar-refractivity contribution in [1.29, 1.82) is 0 Å². The lowest BCUT2D eigenvalue weighted by molar-refractivity contribution is 0.216. The zero-order valence-corrected chi connectivity index (χ0v) is 16.2. The Bertz CT molecular complexity index is 755. The summed E-state index contributed by atoms with van der Waals surface area (Å²) in [7, 11) is 0. The average molecular weight is 401 g/mol. The summed E-state index contributed by atoms with van der Waals surface area (Å²) in [4.78, 5) is 4.52. The van der Waals surface area contributed by atoms with Crippen molar-refractivity contribution in [1.82, 2.24) is 10.1 Å². The molecule has 8 heteroatoms. The van der Waals surface area contributed by atoms with E-state index in [1.54, 1.807) is 0 Å². The molecule has 1 aromatic carbocycles. The van der Waals surface area contributed by atoms with Gasteiger partial charge < -0.3 is 15.2 Å². The van der Waals surface area contributed by atoms with Crippen molar-refractivity contribution >= 4 is 29.2 Å². The molecule has 0 bridgehead atoms. The predicted octanol–water partition coefficient (Wildman–Crippen LogP) is 3.56. The average Bonchev–Trinajstić information content (AvgIpc) is 3.06. The molecule has 1 aliphatic carbocycles. The molecule has 0 spiro atoms. The minimum atomic E-state index is -0.704. The van der Waals surface area contributed by atoms with Gasteiger partial charge in [0.1, 0.15) is 5.82 Å². The van der Waals surface area contributed by atoms with Crippen LogP contribution in [0.2, 0.25) is 0 Å². The van der Waals surface area contributed by atoms with Crippen LogP contribution in [0.3, 0.4) is 0 Å². The number of benzene rings is 1. The number of piperazine rings is 1. The standard InChI is InChI=1S/C19H26F2N4O.ClH/c20-14-11-16-18(17(21)12-14)26-23-19(16)25-9-7-24(8-10-25)6-5-13-1-3-15(22)4-2-13;/h11-13,15H,1-10,22H2;1H/t13-,15-;. The smallest absolute Gasteiger partial charge is 0.204 e. The Hall–Kier alpha value is -1.44. The molecule has 1 aromatic heterocycles. The highest BCUT2D eigenvalue weighted by molar-refractivity contribution is 5.89. The van der Waals surface area contributed by atoms with Crippen LogP contribution in [0.25, 0.3) is 11.0 Å². The van der Waals surface area contributed by atoms with E-state index >= 15 is 0 Å². The quantitative estimate of drug-likeness (QED) is 0.850. The number of fused-ring (bicyclic) bond motifs is 1. The number of nitrogens with zero attached hydrogens (tertiary/aromatic N) is 3. The third-order valence-electron chi connectivity index (χ3n) is 5.89. The fourth-order valence-electron chi connectivity index (χ4n) is 4.21. The maximum Gasteiger partial charge on any atom is 0.204 e. The number of anilines is 1. The van der Waals surface area contributed by atoms with Gasteiger partial charge in [-0.3, -0.25) is 4.90 Å². The van der Waals surface area contributed by atoms with E-state index in [0.717, 1.165) is 57.5 Å². The minimum Gasteiger partial charge on any atom is -0.351 e. The van der Waals surface area contributed by atoms with Crippen LogP contribution >= 0.6 is 12.4 Å². The van der Waals surface area contributed by atoms with Gasteiger partial charge in [0, 0.05) is 38.3 Å². The first-order chi connectivity index (χ1) is 12.6. The van der Waals surface area contributed by atoms with E-state index in [1.165, 1.54) is 25.3 Å². The Morgan fingerprint density at radius 3 is 2.48 bits per heavy atom. The first kappa shape index (κ1) is 20.3. The predicted molar refractivity (Wildman–Crippen MR) is 104 cm³/mol. The van der Waals surface area contributed by atoms with Crippen LogP contribution in [-0.2, 0) is 0 Å². The molecule has 150 valence electrons. The maximum atomic E-state index is 13.8. The second-order valence-electron chi connectivity index (χ2n) is 7.67. The molecule has 27 heavy (non-hydrogen) atoms. The van der Waals surface area contributed by atoms with Crippen LogP contribution in [0, 0.1) is 17.6 Å². The lowest BCUT2D eigenvalue weighted by Crippen LogP contribution is -2.47. The largest absolute Gasteiger partial charge is 0.351 e. The molecule has 5 nitrogen and oxygen atoms in total. The molecule has 1 aliphatic heterocycles. The maximum absolute atomic E-state index is 13.8. The first-order valence-corrected chi connectivity index (χ1v) is 9.57. The Labute approximate surface area is 164 Å². The molecule has 4 rings (SSSR count). The monoisotopic (exact) mass is 400 g/mol. The van der Waals surface area contributed by atoms with Gasteiger partial charge in [0.05, 0.1) is 5.39 Å². The van der Waals surface area contributed by atoms with Crippen LogP contribution in [0.4, 0.5) is 14.6 Å². The second-order valence-corrected chi connectivity index (χ2v) is 7.67. The summed E-state index contributed by atoms with van der Waals surface area (Å²) in [5.41, 5.74) is 6.01. The van der Waals surface area contributed by atoms with Crippen LogP contribution in [0.1, 0.15) is 32.1 Å². The van der Waals surface area contributed by atoms with Crippen LogP contribution < -0.4 is 10.6 Å². The van der Waals surface area contributed by atoms with E-state index in [9.17, 15) is 8.78 Å². The summed E-state index contributed by atoms with van der Waals surface area (Å²) in [6.07, 6.45) is 6.05. The Morgan fingerprint density at radius 2 is 1.78 bits per heavy atom. The molecule has 0 atom stereocenters. The molecule has 1 saturated heterocycles. The van der Waals surface area contributed by atoms with Crippen LogP contribution in [-0.4, -0.2) is 48.8 Å². The van der Waals surface area contributed by atoms with Gasteiger partial charge in [-0.2, -0.15) is 0 Å². The summed E-state index contributed by atoms with van der Waals surface area (Å²) < 4.78 is 32.4. The number of nitrogens with two attached hydrogens (primary N) is 1. The van der Waals surface area contributed by atoms with Gasteiger partial charge >= 0.3 is 0 Å². The number of halogens is 3. The van der Waals surface area contributed by atoms with Crippen LogP contribution in [0.5, 0.6) is 0 Å². The fourth-order valence-corrected chi connectivity index (χ4v) is 4.21. The fraction of sp³-hybridized carbons (Fsp3) is 0.632. The van der Waals surface area contributed by atoms with E-state index in [0.29, 0.717) is 17.2 Å². The Kier molecular flexibility index (Phi) is 6.55. The Balaban J connectivity index is 0.00000210. The van der Waals surface area contributed by atoms with Gasteiger partial charge in [-0.05, 0) is 50.6 Å². The highest BCUT2D eigenvalue weighted by Crippen LogP contribution is 2.30. The van der Waals surface area contributed by atoms with E-state index in [-0.39, 0.29) is 18.0 Å². The third-order valence-corrected chi connectivity index (χ3v) is 5.89. The molecule has 2 aromatic rings. The van der Waals surface area contributed by atoms with Crippen molar-refractivity contribution in [3.63, 3.8) is 0 Å². The summed E-state index contributed by atoms with van der Waals surface area (Å²) >= 11 is 0. The number of hydrogen-bond acceptors (Lipinski definition) is 5. The molecule has 0 radical (unpaired) electrons. The van der Waals surface area contributed by atoms with E-state index < -0.39 is 11.6 Å². The molecular weight excluding hydrogens is 374 g/mol. The SMILES string of the molecule is Cl.N[C@H]1CC[C@H](CCN2CCN(c3noc4c(F)cc(F)cc34)CC2)CC1. The zero-order chi connectivity index (χ0) is 18.1. The molecule has 0 unspecified atom stereocenters. The summed E-state index contributed by atoms with van der Waals surface area (Å²) in [6, 6.07) is 2.53. The van der Waals surface area contributed by atoms with Crippen molar-refractivity contribution in [3.8, 4) is 0 Å². The zero-order valence-electron chi connectivity index (χ0n) is 15.4. The van der Waals surface area contributed by atoms with Gasteiger partial charge in [-0.15, -0.1) is 12.4 Å². The highest BCUT2D eigenvalue weighted by Gasteiger charge is 2.24. The first-order valence-electron chi connectivity index (χ1n) is 9.57. The van der Waals surface area contributed by atoms with Crippen molar-refractivity contribution in [3.05, 3.63) is 23.8 Å². The van der Waals surface area contributed by atoms with Gasteiger partial charge in [0.25, 0.3) is 0 Å². The van der Waals surface area contributed by atoms with E-state index in [2.05, 4.69) is 15.0 Å². The number of hydrogen-bond donors (Lipinski definition) is 1. The van der Waals surface area contributed by atoms with Crippen molar-refractivity contribution in [2.24, 2.45) is 11.7 Å².